The van der Waals surface area contributed by atoms with Crippen molar-refractivity contribution >= 4 is 40.5 Å². The van der Waals surface area contributed by atoms with Crippen LogP contribution in [0.2, 0.25) is 0 Å². The Hall–Kier alpha value is -2.33. The maximum Gasteiger partial charge on any atom is 0.236 e. The van der Waals surface area contributed by atoms with E-state index in [0.717, 1.165) is 29.3 Å². The normalized spacial score (nSPS) is 18.4. The first-order valence-electron chi connectivity index (χ1n) is 8.59. The molecule has 1 aromatic carbocycles. The van der Waals surface area contributed by atoms with E-state index in [1.165, 1.54) is 23.1 Å². The van der Waals surface area contributed by atoms with Crippen LogP contribution in [-0.4, -0.2) is 51.7 Å². The van der Waals surface area contributed by atoms with Crippen LogP contribution in [0, 0.1) is 0 Å². The number of aromatic nitrogens is 2. The van der Waals surface area contributed by atoms with Crippen molar-refractivity contribution in [1.29, 1.82) is 0 Å². The summed E-state index contributed by atoms with van der Waals surface area (Å²) in [4.78, 5) is 14.1. The molecule has 8 nitrogen and oxygen atoms in total. The van der Waals surface area contributed by atoms with Crippen LogP contribution in [0.15, 0.2) is 29.4 Å². The third-order valence-corrected chi connectivity index (χ3v) is 6.56. The van der Waals surface area contributed by atoms with Crippen LogP contribution in [0.4, 0.5) is 5.13 Å². The van der Waals surface area contributed by atoms with E-state index in [2.05, 4.69) is 44.8 Å². The van der Waals surface area contributed by atoms with Gasteiger partial charge in [0, 0.05) is 12.1 Å². The molecule has 0 fully saturated rings. The summed E-state index contributed by atoms with van der Waals surface area (Å²) in [7, 11) is 1.63. The van der Waals surface area contributed by atoms with Gasteiger partial charge in [0.05, 0.1) is 12.9 Å². The first kappa shape index (κ1) is 19.4. The maximum absolute atomic E-state index is 12.4. The van der Waals surface area contributed by atoms with Crippen LogP contribution in [-0.2, 0) is 4.79 Å². The summed E-state index contributed by atoms with van der Waals surface area (Å²) in [6.45, 7) is 4.95. The van der Waals surface area contributed by atoms with E-state index >= 15 is 0 Å². The predicted octanol–water partition coefficient (Wildman–Crippen LogP) is 2.82. The van der Waals surface area contributed by atoms with Gasteiger partial charge in [-0.05, 0) is 37.6 Å². The Morgan fingerprint density at radius 1 is 1.33 bits per heavy atom. The second kappa shape index (κ2) is 8.57. The van der Waals surface area contributed by atoms with Gasteiger partial charge >= 0.3 is 0 Å². The lowest BCUT2D eigenvalue weighted by molar-refractivity contribution is -0.113. The number of nitrogens with one attached hydrogen (secondary N) is 2. The largest absolute Gasteiger partial charge is 0.497 e. The van der Waals surface area contributed by atoms with E-state index < -0.39 is 0 Å². The molecule has 1 aromatic heterocycles. The third kappa shape index (κ3) is 4.33. The van der Waals surface area contributed by atoms with Gasteiger partial charge in [0.25, 0.3) is 0 Å². The summed E-state index contributed by atoms with van der Waals surface area (Å²) in [6, 6.07) is 7.56. The van der Waals surface area contributed by atoms with Crippen LogP contribution in [0.25, 0.3) is 10.6 Å². The Balaban J connectivity index is 1.57. The molecule has 2 N–H and O–H groups in total. The molecule has 1 atom stereocenters. The molecular formula is C17H22N6O2S2. The first-order valence-corrected chi connectivity index (χ1v) is 10.4. The van der Waals surface area contributed by atoms with Crippen LogP contribution in [0.3, 0.4) is 0 Å². The molecule has 0 saturated heterocycles. The zero-order chi connectivity index (χ0) is 19.3. The van der Waals surface area contributed by atoms with E-state index in [4.69, 9.17) is 4.74 Å². The molecule has 0 bridgehead atoms. The average molecular weight is 407 g/mol. The Morgan fingerprint density at radius 2 is 2.11 bits per heavy atom. The van der Waals surface area contributed by atoms with Crippen LogP contribution in [0.5, 0.6) is 5.75 Å². The molecule has 3 rings (SSSR count). The minimum atomic E-state index is -0.374. The lowest BCUT2D eigenvalue weighted by Crippen LogP contribution is -2.49. The zero-order valence-corrected chi connectivity index (χ0v) is 17.1. The van der Waals surface area contributed by atoms with E-state index in [1.54, 1.807) is 13.4 Å². The number of amides is 1. The number of ether oxygens (including phenoxy) is 1. The van der Waals surface area contributed by atoms with Gasteiger partial charge in [-0.2, -0.15) is 5.10 Å². The van der Waals surface area contributed by atoms with Crippen LogP contribution < -0.4 is 15.5 Å². The zero-order valence-electron chi connectivity index (χ0n) is 15.4. The van der Waals surface area contributed by atoms with Gasteiger partial charge in [0.2, 0.25) is 11.0 Å². The van der Waals surface area contributed by atoms with Crippen molar-refractivity contribution in [2.45, 2.75) is 25.3 Å². The monoisotopic (exact) mass is 406 g/mol. The molecule has 0 saturated carbocycles. The van der Waals surface area contributed by atoms with Gasteiger partial charge in [-0.25, -0.2) is 0 Å². The quantitative estimate of drug-likeness (QED) is 0.696. The van der Waals surface area contributed by atoms with E-state index in [9.17, 15) is 4.79 Å². The number of hydrazone groups is 1. The molecule has 2 heterocycles. The lowest BCUT2D eigenvalue weighted by atomic mass is 10.2. The number of carbonyl (C=O) groups is 1. The predicted molar refractivity (Wildman–Crippen MR) is 110 cm³/mol. The minimum Gasteiger partial charge on any atom is -0.497 e. The maximum atomic E-state index is 12.4. The molecule has 27 heavy (non-hydrogen) atoms. The van der Waals surface area contributed by atoms with Gasteiger partial charge in [0.15, 0.2) is 4.99 Å². The fourth-order valence-corrected chi connectivity index (χ4v) is 4.53. The summed E-state index contributed by atoms with van der Waals surface area (Å²) >= 11 is 2.86. The highest BCUT2D eigenvalue weighted by atomic mass is 32.2. The second-order valence-electron chi connectivity index (χ2n) is 5.76. The second-order valence-corrected chi connectivity index (χ2v) is 7.99. The highest BCUT2D eigenvalue weighted by molar-refractivity contribution is 8.01. The van der Waals surface area contributed by atoms with Crippen molar-refractivity contribution in [3.05, 3.63) is 24.3 Å². The molecule has 1 aliphatic heterocycles. The number of benzene rings is 1. The van der Waals surface area contributed by atoms with Crippen molar-refractivity contribution in [2.24, 2.45) is 5.10 Å². The van der Waals surface area contributed by atoms with E-state index in [0.29, 0.717) is 5.13 Å². The van der Waals surface area contributed by atoms with Gasteiger partial charge in [-0.15, -0.1) is 22.0 Å². The topological polar surface area (TPSA) is 91.7 Å². The Kier molecular flexibility index (Phi) is 6.17. The number of thioether (sulfide) groups is 1. The summed E-state index contributed by atoms with van der Waals surface area (Å²) in [5, 5.41) is 16.4. The van der Waals surface area contributed by atoms with Crippen LogP contribution >= 0.6 is 23.1 Å². The highest BCUT2D eigenvalue weighted by Crippen LogP contribution is 2.32. The summed E-state index contributed by atoms with van der Waals surface area (Å²) in [5.41, 5.74) is 4.05. The highest BCUT2D eigenvalue weighted by Gasteiger charge is 2.37. The number of rotatable bonds is 8. The molecule has 1 aliphatic rings. The minimum absolute atomic E-state index is 0.116. The number of hydrogen-bond acceptors (Lipinski definition) is 9. The van der Waals surface area contributed by atoms with E-state index in [1.807, 2.05) is 24.3 Å². The molecular weight excluding hydrogens is 384 g/mol. The average Bonchev–Trinajstić information content (AvgIpc) is 3.33. The van der Waals surface area contributed by atoms with Crippen molar-refractivity contribution in [2.75, 3.05) is 24.7 Å². The van der Waals surface area contributed by atoms with Crippen LogP contribution in [0.1, 0.15) is 20.3 Å². The summed E-state index contributed by atoms with van der Waals surface area (Å²) < 4.78 is 5.16. The Bertz CT molecular complexity index is 810. The molecule has 144 valence electrons. The molecule has 0 aliphatic carbocycles. The fraction of sp³-hybridized carbons (Fsp3) is 0.412. The molecule has 2 aromatic rings. The number of carbonyl (C=O) groups excluding carboxylic acids is 1. The Labute approximate surface area is 166 Å². The van der Waals surface area contributed by atoms with Crippen molar-refractivity contribution in [1.82, 2.24) is 20.5 Å². The van der Waals surface area contributed by atoms with Gasteiger partial charge in [-0.1, -0.05) is 18.3 Å². The van der Waals surface area contributed by atoms with Gasteiger partial charge in [-0.3, -0.25) is 15.5 Å². The standard InChI is InChI=1S/C17H22N6O2S2/c1-4-17(22-18-11-23(17)5-2)26-10-14(24)19-16-21-20-15(27-16)12-6-8-13(25-3)9-7-12/h6-9,11,22H,4-5,10H2,1-3H3,(H,19,21,24). The number of anilines is 1. The number of methoxy groups -OCH3 is 1. The smallest absolute Gasteiger partial charge is 0.236 e. The van der Waals surface area contributed by atoms with E-state index in [-0.39, 0.29) is 16.7 Å². The lowest BCUT2D eigenvalue weighted by Gasteiger charge is -2.35. The third-order valence-electron chi connectivity index (χ3n) is 4.17. The number of nitrogens with zero attached hydrogens (tertiary/aromatic N) is 4. The molecule has 0 spiro atoms. The van der Waals surface area contributed by atoms with Crippen molar-refractivity contribution in [3.63, 3.8) is 0 Å². The molecule has 10 heteroatoms. The summed E-state index contributed by atoms with van der Waals surface area (Å²) in [6.07, 6.45) is 2.60. The molecule has 1 amide bonds. The van der Waals surface area contributed by atoms with Crippen molar-refractivity contribution < 1.29 is 9.53 Å². The summed E-state index contributed by atoms with van der Waals surface area (Å²) in [5.74, 6) is 0.956. The van der Waals surface area contributed by atoms with Crippen molar-refractivity contribution in [3.8, 4) is 16.3 Å². The Morgan fingerprint density at radius 3 is 2.78 bits per heavy atom. The number of hydrogen-bond donors (Lipinski definition) is 2. The first-order chi connectivity index (χ1) is 13.1. The van der Waals surface area contributed by atoms with Gasteiger partial charge < -0.3 is 9.64 Å². The SMILES string of the molecule is CCN1C=NNC1(CC)SCC(=O)Nc1nnc(-c2ccc(OC)cc2)s1. The molecule has 1 unspecified atom stereocenters. The fourth-order valence-electron chi connectivity index (χ4n) is 2.66. The van der Waals surface area contributed by atoms with Gasteiger partial charge in [0.1, 0.15) is 17.1 Å². The molecule has 0 radical (unpaired) electrons.